The first-order chi connectivity index (χ1) is 9.56. The Hall–Kier alpha value is -1.69. The molecule has 0 fully saturated rings. The van der Waals surface area contributed by atoms with Crippen molar-refractivity contribution in [3.05, 3.63) is 58.2 Å². The van der Waals surface area contributed by atoms with Crippen molar-refractivity contribution in [2.24, 2.45) is 0 Å². The summed E-state index contributed by atoms with van der Waals surface area (Å²) in [5.74, 6) is 0.0163. The minimum absolute atomic E-state index is 0.107. The van der Waals surface area contributed by atoms with Crippen molar-refractivity contribution in [1.82, 2.24) is 10.3 Å². The van der Waals surface area contributed by atoms with Crippen molar-refractivity contribution in [3.63, 3.8) is 0 Å². The predicted octanol–water partition coefficient (Wildman–Crippen LogP) is 3.52. The SMILES string of the molecule is O=C(NC(=S)Nc1ncc(Cl)cc1Cl)c1ccccc1. The average Bonchev–Trinajstić information content (AvgIpc) is 2.43. The van der Waals surface area contributed by atoms with E-state index in [2.05, 4.69) is 15.6 Å². The molecule has 0 saturated carbocycles. The Balaban J connectivity index is 2.01. The number of hydrogen-bond acceptors (Lipinski definition) is 3. The number of carbonyl (C=O) groups excluding carboxylic acids is 1. The number of anilines is 1. The Morgan fingerprint density at radius 1 is 1.20 bits per heavy atom. The summed E-state index contributed by atoms with van der Waals surface area (Å²) in [4.78, 5) is 15.9. The highest BCUT2D eigenvalue weighted by atomic mass is 35.5. The van der Waals surface area contributed by atoms with Gasteiger partial charge in [-0.15, -0.1) is 0 Å². The zero-order valence-electron chi connectivity index (χ0n) is 10.1. The summed E-state index contributed by atoms with van der Waals surface area (Å²) in [6.45, 7) is 0. The molecule has 2 rings (SSSR count). The van der Waals surface area contributed by atoms with Crippen LogP contribution >= 0.6 is 35.4 Å². The van der Waals surface area contributed by atoms with Gasteiger partial charge >= 0.3 is 0 Å². The largest absolute Gasteiger partial charge is 0.316 e. The number of amides is 1. The van der Waals surface area contributed by atoms with Crippen molar-refractivity contribution in [3.8, 4) is 0 Å². The summed E-state index contributed by atoms with van der Waals surface area (Å²) < 4.78 is 0. The van der Waals surface area contributed by atoms with Crippen molar-refractivity contribution in [2.75, 3.05) is 5.32 Å². The summed E-state index contributed by atoms with van der Waals surface area (Å²) in [6.07, 6.45) is 1.43. The number of halogens is 2. The zero-order chi connectivity index (χ0) is 14.5. The molecule has 0 aliphatic carbocycles. The van der Waals surface area contributed by atoms with E-state index in [4.69, 9.17) is 35.4 Å². The maximum atomic E-state index is 11.9. The minimum Gasteiger partial charge on any atom is -0.316 e. The molecule has 2 aromatic rings. The zero-order valence-corrected chi connectivity index (χ0v) is 12.4. The van der Waals surface area contributed by atoms with E-state index in [0.29, 0.717) is 21.4 Å². The molecule has 0 aliphatic rings. The molecule has 0 atom stereocenters. The molecule has 0 spiro atoms. The fourth-order valence-electron chi connectivity index (χ4n) is 1.41. The topological polar surface area (TPSA) is 54.0 Å². The summed E-state index contributed by atoms with van der Waals surface area (Å²) in [5, 5.41) is 6.11. The molecule has 1 aromatic carbocycles. The molecule has 4 nitrogen and oxygen atoms in total. The monoisotopic (exact) mass is 325 g/mol. The Kier molecular flexibility index (Phi) is 4.89. The van der Waals surface area contributed by atoms with Crippen LogP contribution in [0.25, 0.3) is 0 Å². The van der Waals surface area contributed by atoms with E-state index < -0.39 is 0 Å². The standard InChI is InChI=1S/C13H9Cl2N3OS/c14-9-6-10(15)11(16-7-9)17-13(20)18-12(19)8-4-2-1-3-5-8/h1-7H,(H2,16,17,18,19,20). The fourth-order valence-corrected chi connectivity index (χ4v) is 2.03. The van der Waals surface area contributed by atoms with Gasteiger partial charge in [-0.1, -0.05) is 41.4 Å². The molecule has 0 radical (unpaired) electrons. The maximum Gasteiger partial charge on any atom is 0.257 e. The molecular weight excluding hydrogens is 317 g/mol. The molecule has 20 heavy (non-hydrogen) atoms. The third-order valence-electron chi connectivity index (χ3n) is 2.30. The lowest BCUT2D eigenvalue weighted by molar-refractivity contribution is 0.0978. The van der Waals surface area contributed by atoms with Crippen LogP contribution in [0.5, 0.6) is 0 Å². The van der Waals surface area contributed by atoms with E-state index >= 15 is 0 Å². The van der Waals surface area contributed by atoms with Gasteiger partial charge in [0, 0.05) is 11.8 Å². The number of nitrogens with zero attached hydrogens (tertiary/aromatic N) is 1. The number of pyridine rings is 1. The lowest BCUT2D eigenvalue weighted by atomic mass is 10.2. The molecule has 2 N–H and O–H groups in total. The van der Waals surface area contributed by atoms with Crippen LogP contribution in [0.15, 0.2) is 42.6 Å². The van der Waals surface area contributed by atoms with Gasteiger partial charge in [-0.3, -0.25) is 10.1 Å². The van der Waals surface area contributed by atoms with E-state index in [0.717, 1.165) is 0 Å². The van der Waals surface area contributed by atoms with Gasteiger partial charge in [0.25, 0.3) is 5.91 Å². The van der Waals surface area contributed by atoms with Crippen molar-refractivity contribution in [1.29, 1.82) is 0 Å². The second-order valence-electron chi connectivity index (χ2n) is 3.76. The highest BCUT2D eigenvalue weighted by Gasteiger charge is 2.09. The van der Waals surface area contributed by atoms with Gasteiger partial charge in [-0.2, -0.15) is 0 Å². The van der Waals surface area contributed by atoms with Gasteiger partial charge in [0.15, 0.2) is 10.9 Å². The molecule has 0 unspecified atom stereocenters. The van der Waals surface area contributed by atoms with Crippen LogP contribution in [0, 0.1) is 0 Å². The highest BCUT2D eigenvalue weighted by molar-refractivity contribution is 7.80. The van der Waals surface area contributed by atoms with Gasteiger partial charge in [0.05, 0.1) is 10.0 Å². The average molecular weight is 326 g/mol. The van der Waals surface area contributed by atoms with E-state index in [-0.39, 0.29) is 11.0 Å². The molecule has 0 saturated heterocycles. The Morgan fingerprint density at radius 3 is 2.55 bits per heavy atom. The van der Waals surface area contributed by atoms with Gasteiger partial charge in [-0.25, -0.2) is 4.98 Å². The van der Waals surface area contributed by atoms with Gasteiger partial charge in [-0.05, 0) is 30.4 Å². The normalized spacial score (nSPS) is 9.90. The number of rotatable bonds is 2. The molecule has 0 bridgehead atoms. The van der Waals surface area contributed by atoms with Crippen molar-refractivity contribution in [2.45, 2.75) is 0 Å². The first-order valence-electron chi connectivity index (χ1n) is 5.54. The van der Waals surface area contributed by atoms with Crippen LogP contribution < -0.4 is 10.6 Å². The van der Waals surface area contributed by atoms with E-state index in [1.165, 1.54) is 12.3 Å². The van der Waals surface area contributed by atoms with E-state index in [1.807, 2.05) is 6.07 Å². The summed E-state index contributed by atoms with van der Waals surface area (Å²) in [7, 11) is 0. The Morgan fingerprint density at radius 2 is 1.90 bits per heavy atom. The second kappa shape index (κ2) is 6.65. The lowest BCUT2D eigenvalue weighted by Gasteiger charge is -2.10. The summed E-state index contributed by atoms with van der Waals surface area (Å²) in [5.41, 5.74) is 0.506. The van der Waals surface area contributed by atoms with E-state index in [9.17, 15) is 4.79 Å². The van der Waals surface area contributed by atoms with Crippen LogP contribution in [0.3, 0.4) is 0 Å². The third-order valence-corrected chi connectivity index (χ3v) is 3.00. The van der Waals surface area contributed by atoms with Gasteiger partial charge in [0.1, 0.15) is 0 Å². The Labute approximate surface area is 131 Å². The number of aromatic nitrogens is 1. The molecule has 102 valence electrons. The number of hydrogen-bond donors (Lipinski definition) is 2. The van der Waals surface area contributed by atoms with Gasteiger partial charge in [0.2, 0.25) is 0 Å². The van der Waals surface area contributed by atoms with Crippen LogP contribution in [0.4, 0.5) is 5.82 Å². The highest BCUT2D eigenvalue weighted by Crippen LogP contribution is 2.22. The van der Waals surface area contributed by atoms with Gasteiger partial charge < -0.3 is 5.32 Å². The number of thiocarbonyl (C=S) groups is 1. The van der Waals surface area contributed by atoms with Crippen LogP contribution in [-0.4, -0.2) is 16.0 Å². The predicted molar refractivity (Wildman–Crippen MR) is 84.4 cm³/mol. The van der Waals surface area contributed by atoms with Crippen LogP contribution in [0.2, 0.25) is 10.0 Å². The summed E-state index contributed by atoms with van der Waals surface area (Å²) >= 11 is 16.7. The maximum absolute atomic E-state index is 11.9. The molecule has 7 heteroatoms. The smallest absolute Gasteiger partial charge is 0.257 e. The first-order valence-corrected chi connectivity index (χ1v) is 6.71. The number of nitrogens with one attached hydrogen (secondary N) is 2. The van der Waals surface area contributed by atoms with Crippen molar-refractivity contribution >= 4 is 52.3 Å². The first kappa shape index (κ1) is 14.7. The van der Waals surface area contributed by atoms with Crippen LogP contribution in [0.1, 0.15) is 10.4 Å². The number of benzene rings is 1. The van der Waals surface area contributed by atoms with Crippen molar-refractivity contribution < 1.29 is 4.79 Å². The minimum atomic E-state index is -0.312. The quantitative estimate of drug-likeness (QED) is 0.829. The molecule has 1 heterocycles. The molecule has 1 aromatic heterocycles. The number of carbonyl (C=O) groups is 1. The third kappa shape index (κ3) is 3.90. The molecular formula is C13H9Cl2N3OS. The second-order valence-corrected chi connectivity index (χ2v) is 5.01. The molecule has 0 aliphatic heterocycles. The fraction of sp³-hybridized carbons (Fsp3) is 0. The van der Waals surface area contributed by atoms with E-state index in [1.54, 1.807) is 24.3 Å². The Bertz CT molecular complexity index is 649. The summed E-state index contributed by atoms with van der Waals surface area (Å²) in [6, 6.07) is 10.3. The molecule has 1 amide bonds. The van der Waals surface area contributed by atoms with Crippen LogP contribution in [-0.2, 0) is 0 Å². The lowest BCUT2D eigenvalue weighted by Crippen LogP contribution is -2.34.